The van der Waals surface area contributed by atoms with E-state index in [1.807, 2.05) is 0 Å². The number of rotatable bonds is 3. The summed E-state index contributed by atoms with van der Waals surface area (Å²) in [6.45, 7) is 0. The maximum absolute atomic E-state index is 13.5. The van der Waals surface area contributed by atoms with Gasteiger partial charge in [-0.25, -0.2) is 12.8 Å². The molecule has 0 spiro atoms. The fraction of sp³-hybridized carbons (Fsp3) is 0. The van der Waals surface area contributed by atoms with Gasteiger partial charge in [-0.2, -0.15) is 0 Å². The third-order valence-corrected chi connectivity index (χ3v) is 6.36. The summed E-state index contributed by atoms with van der Waals surface area (Å²) in [4.78, 5) is 0. The van der Waals surface area contributed by atoms with E-state index in [4.69, 9.17) is 11.6 Å². The second kappa shape index (κ2) is 5.16. The summed E-state index contributed by atoms with van der Waals surface area (Å²) >= 11 is 9.90. The van der Waals surface area contributed by atoms with Crippen molar-refractivity contribution in [3.05, 3.63) is 45.0 Å². The average Bonchev–Trinajstić information content (AvgIpc) is 2.71. The van der Waals surface area contributed by atoms with Crippen LogP contribution in [-0.2, 0) is 10.0 Å². The average molecular weight is 371 g/mol. The van der Waals surface area contributed by atoms with Crippen molar-refractivity contribution >= 4 is 54.6 Å². The van der Waals surface area contributed by atoms with E-state index in [0.29, 0.717) is 4.47 Å². The molecule has 8 heteroatoms. The van der Waals surface area contributed by atoms with Crippen molar-refractivity contribution in [3.63, 3.8) is 0 Å². The summed E-state index contributed by atoms with van der Waals surface area (Å²) in [6.07, 6.45) is 0. The van der Waals surface area contributed by atoms with E-state index in [1.54, 1.807) is 11.4 Å². The lowest BCUT2D eigenvalue weighted by atomic mass is 10.3. The van der Waals surface area contributed by atoms with Gasteiger partial charge in [-0.15, -0.1) is 11.3 Å². The first-order valence-electron chi connectivity index (χ1n) is 4.61. The molecule has 0 aliphatic heterocycles. The Labute approximate surface area is 121 Å². The number of thiophene rings is 1. The Balaban J connectivity index is 2.44. The van der Waals surface area contributed by atoms with Crippen LogP contribution in [0.1, 0.15) is 0 Å². The van der Waals surface area contributed by atoms with Crippen LogP contribution in [0.15, 0.2) is 38.3 Å². The Hall–Kier alpha value is -0.630. The molecule has 0 fully saturated rings. The fourth-order valence-electron chi connectivity index (χ4n) is 1.25. The molecule has 1 heterocycles. The lowest BCUT2D eigenvalue weighted by Crippen LogP contribution is -2.13. The number of nitrogens with one attached hydrogen (secondary N) is 1. The van der Waals surface area contributed by atoms with E-state index in [-0.39, 0.29) is 14.9 Å². The zero-order valence-electron chi connectivity index (χ0n) is 8.65. The van der Waals surface area contributed by atoms with E-state index in [1.165, 1.54) is 12.1 Å². The standard InChI is InChI=1S/C10H6BrClFNO2S2/c11-6-4-5-17-10(6)18(15,16)14-9-7(12)2-1-3-8(9)13/h1-5,14H. The molecular weight excluding hydrogens is 365 g/mol. The molecule has 0 bridgehead atoms. The van der Waals surface area contributed by atoms with Gasteiger partial charge >= 0.3 is 0 Å². The van der Waals surface area contributed by atoms with Gasteiger partial charge in [0.1, 0.15) is 11.5 Å². The van der Waals surface area contributed by atoms with Crippen LogP contribution in [0.4, 0.5) is 10.1 Å². The van der Waals surface area contributed by atoms with Crippen molar-refractivity contribution in [1.29, 1.82) is 0 Å². The second-order valence-electron chi connectivity index (χ2n) is 3.26. The predicted molar refractivity (Wildman–Crippen MR) is 74.2 cm³/mol. The molecule has 2 rings (SSSR count). The van der Waals surface area contributed by atoms with Crippen LogP contribution in [0.3, 0.4) is 0 Å². The van der Waals surface area contributed by atoms with E-state index < -0.39 is 15.8 Å². The molecule has 0 saturated heterocycles. The Morgan fingerprint density at radius 1 is 1.33 bits per heavy atom. The SMILES string of the molecule is O=S(=O)(Nc1c(F)cccc1Cl)c1sccc1Br. The molecule has 0 unspecified atom stereocenters. The summed E-state index contributed by atoms with van der Waals surface area (Å²) in [5.74, 6) is -0.723. The molecule has 0 saturated carbocycles. The monoisotopic (exact) mass is 369 g/mol. The number of hydrogen-bond acceptors (Lipinski definition) is 3. The van der Waals surface area contributed by atoms with Crippen molar-refractivity contribution < 1.29 is 12.8 Å². The minimum Gasteiger partial charge on any atom is -0.274 e. The van der Waals surface area contributed by atoms with E-state index >= 15 is 0 Å². The quantitative estimate of drug-likeness (QED) is 0.884. The highest BCUT2D eigenvalue weighted by Gasteiger charge is 2.21. The van der Waals surface area contributed by atoms with Crippen molar-refractivity contribution in [2.45, 2.75) is 4.21 Å². The Morgan fingerprint density at radius 3 is 2.61 bits per heavy atom. The molecule has 0 radical (unpaired) electrons. The van der Waals surface area contributed by atoms with Gasteiger partial charge < -0.3 is 0 Å². The van der Waals surface area contributed by atoms with Crippen molar-refractivity contribution in [2.24, 2.45) is 0 Å². The van der Waals surface area contributed by atoms with Gasteiger partial charge in [-0.05, 0) is 39.5 Å². The third-order valence-electron chi connectivity index (χ3n) is 2.03. The largest absolute Gasteiger partial charge is 0.274 e. The number of sulfonamides is 1. The van der Waals surface area contributed by atoms with Gasteiger partial charge in [0.05, 0.1) is 5.02 Å². The molecule has 3 nitrogen and oxygen atoms in total. The molecule has 18 heavy (non-hydrogen) atoms. The molecule has 1 aromatic heterocycles. The second-order valence-corrected chi connectivity index (χ2v) is 7.31. The van der Waals surface area contributed by atoms with Crippen molar-refractivity contribution in [1.82, 2.24) is 0 Å². The smallest absolute Gasteiger partial charge is 0.272 e. The molecule has 2 aromatic rings. The molecule has 1 aromatic carbocycles. The normalized spacial score (nSPS) is 11.5. The molecule has 0 amide bonds. The molecule has 0 aliphatic rings. The van der Waals surface area contributed by atoms with Crippen LogP contribution in [0, 0.1) is 5.82 Å². The molecule has 1 N–H and O–H groups in total. The van der Waals surface area contributed by atoms with Crippen LogP contribution in [0.25, 0.3) is 0 Å². The fourth-order valence-corrected chi connectivity index (χ4v) is 4.94. The van der Waals surface area contributed by atoms with Gasteiger partial charge in [0.2, 0.25) is 0 Å². The Bertz CT molecular complexity index is 667. The maximum atomic E-state index is 13.5. The predicted octanol–water partition coefficient (Wildman–Crippen LogP) is 4.10. The van der Waals surface area contributed by atoms with Crippen LogP contribution in [0.2, 0.25) is 5.02 Å². The van der Waals surface area contributed by atoms with Gasteiger partial charge in [0.15, 0.2) is 4.21 Å². The maximum Gasteiger partial charge on any atom is 0.272 e. The number of hydrogen-bond donors (Lipinski definition) is 1. The minimum absolute atomic E-state index is 0.00579. The Kier molecular flexibility index (Phi) is 3.96. The van der Waals surface area contributed by atoms with Crippen LogP contribution in [-0.4, -0.2) is 8.42 Å². The zero-order chi connectivity index (χ0) is 13.3. The van der Waals surface area contributed by atoms with Crippen LogP contribution in [0.5, 0.6) is 0 Å². The van der Waals surface area contributed by atoms with Crippen molar-refractivity contribution in [2.75, 3.05) is 4.72 Å². The van der Waals surface area contributed by atoms with Gasteiger partial charge in [0, 0.05) is 4.47 Å². The summed E-state index contributed by atoms with van der Waals surface area (Å²) in [7, 11) is -3.85. The van der Waals surface area contributed by atoms with E-state index in [9.17, 15) is 12.8 Å². The van der Waals surface area contributed by atoms with Crippen LogP contribution >= 0.6 is 38.9 Å². The van der Waals surface area contributed by atoms with Crippen molar-refractivity contribution in [3.8, 4) is 0 Å². The minimum atomic E-state index is -3.85. The molecule has 96 valence electrons. The number of para-hydroxylation sites is 1. The number of halogens is 3. The van der Waals surface area contributed by atoms with E-state index in [0.717, 1.165) is 17.4 Å². The first kappa shape index (κ1) is 13.8. The van der Waals surface area contributed by atoms with Gasteiger partial charge in [0.25, 0.3) is 10.0 Å². The van der Waals surface area contributed by atoms with Crippen LogP contribution < -0.4 is 4.72 Å². The Morgan fingerprint density at radius 2 is 2.06 bits per heavy atom. The highest BCUT2D eigenvalue weighted by Crippen LogP contribution is 2.32. The summed E-state index contributed by atoms with van der Waals surface area (Å²) in [6, 6.07) is 5.54. The summed E-state index contributed by atoms with van der Waals surface area (Å²) < 4.78 is 40.2. The summed E-state index contributed by atoms with van der Waals surface area (Å²) in [5, 5.41) is 1.62. The third kappa shape index (κ3) is 2.69. The highest BCUT2D eigenvalue weighted by atomic mass is 79.9. The lowest BCUT2D eigenvalue weighted by Gasteiger charge is -2.09. The zero-order valence-corrected chi connectivity index (χ0v) is 12.6. The molecular formula is C10H6BrClFNO2S2. The number of anilines is 1. The number of benzene rings is 1. The van der Waals surface area contributed by atoms with Gasteiger partial charge in [-0.3, -0.25) is 4.72 Å². The topological polar surface area (TPSA) is 46.2 Å². The summed E-state index contributed by atoms with van der Waals surface area (Å²) in [5.41, 5.74) is -0.250. The molecule has 0 aliphatic carbocycles. The van der Waals surface area contributed by atoms with Gasteiger partial charge in [-0.1, -0.05) is 17.7 Å². The lowest BCUT2D eigenvalue weighted by molar-refractivity contribution is 0.600. The highest BCUT2D eigenvalue weighted by molar-refractivity contribution is 9.10. The molecule has 0 atom stereocenters. The first-order chi connectivity index (χ1) is 8.42. The van der Waals surface area contributed by atoms with E-state index in [2.05, 4.69) is 20.7 Å². The first-order valence-corrected chi connectivity index (χ1v) is 8.15.